The predicted octanol–water partition coefficient (Wildman–Crippen LogP) is 3.62. The average molecular weight is 285 g/mol. The Hall–Kier alpha value is -1.33. The summed E-state index contributed by atoms with van der Waals surface area (Å²) in [7, 11) is 0. The van der Waals surface area contributed by atoms with Crippen molar-refractivity contribution in [3.8, 4) is 0 Å². The van der Waals surface area contributed by atoms with E-state index < -0.39 is 4.92 Å². The van der Waals surface area contributed by atoms with Crippen molar-refractivity contribution in [1.82, 2.24) is 0 Å². The summed E-state index contributed by atoms with van der Waals surface area (Å²) < 4.78 is 5.60. The molecule has 1 aromatic carbocycles. The third kappa shape index (κ3) is 3.58. The van der Waals surface area contributed by atoms with Gasteiger partial charge >= 0.3 is 0 Å². The van der Waals surface area contributed by atoms with E-state index in [0.29, 0.717) is 17.3 Å². The number of nitro groups is 1. The lowest BCUT2D eigenvalue weighted by molar-refractivity contribution is -0.384. The molecule has 1 heterocycles. The lowest BCUT2D eigenvalue weighted by Gasteiger charge is -2.30. The average Bonchev–Trinajstić information content (AvgIpc) is 2.38. The van der Waals surface area contributed by atoms with Crippen LogP contribution in [0.2, 0.25) is 5.02 Å². The highest BCUT2D eigenvalue weighted by atomic mass is 35.5. The van der Waals surface area contributed by atoms with E-state index in [4.69, 9.17) is 16.3 Å². The van der Waals surface area contributed by atoms with Gasteiger partial charge in [-0.2, -0.15) is 0 Å². The van der Waals surface area contributed by atoms with Gasteiger partial charge in [0.25, 0.3) is 5.69 Å². The first kappa shape index (κ1) is 14.1. The normalized spacial score (nSPS) is 23.1. The highest BCUT2D eigenvalue weighted by Crippen LogP contribution is 2.30. The van der Waals surface area contributed by atoms with Gasteiger partial charge in [-0.3, -0.25) is 10.1 Å². The summed E-state index contributed by atoms with van der Waals surface area (Å²) >= 11 is 5.91. The van der Waals surface area contributed by atoms with Crippen molar-refractivity contribution in [2.45, 2.75) is 38.3 Å². The van der Waals surface area contributed by atoms with Crippen LogP contribution >= 0.6 is 11.6 Å². The molecule has 1 saturated heterocycles. The van der Waals surface area contributed by atoms with E-state index in [-0.39, 0.29) is 17.8 Å². The number of halogens is 1. The molecule has 5 nitrogen and oxygen atoms in total. The van der Waals surface area contributed by atoms with Crippen molar-refractivity contribution in [3.05, 3.63) is 33.3 Å². The Labute approximate surface area is 117 Å². The zero-order chi connectivity index (χ0) is 13.8. The number of rotatable bonds is 4. The summed E-state index contributed by atoms with van der Waals surface area (Å²) in [5, 5.41) is 14.7. The van der Waals surface area contributed by atoms with Crippen LogP contribution in [0.25, 0.3) is 0 Å². The Balaban J connectivity index is 2.13. The summed E-state index contributed by atoms with van der Waals surface area (Å²) in [6.07, 6.45) is 2.89. The summed E-state index contributed by atoms with van der Waals surface area (Å²) in [5.74, 6) is 0. The number of benzene rings is 1. The third-order valence-electron chi connectivity index (χ3n) is 3.34. The number of anilines is 1. The predicted molar refractivity (Wildman–Crippen MR) is 74.8 cm³/mol. The monoisotopic (exact) mass is 284 g/mol. The molecule has 2 unspecified atom stereocenters. The van der Waals surface area contributed by atoms with Crippen LogP contribution in [0, 0.1) is 10.1 Å². The van der Waals surface area contributed by atoms with Crippen LogP contribution in [0.4, 0.5) is 11.4 Å². The lowest BCUT2D eigenvalue weighted by atomic mass is 10.0. The maximum Gasteiger partial charge on any atom is 0.292 e. The fourth-order valence-electron chi connectivity index (χ4n) is 2.30. The van der Waals surface area contributed by atoms with Crippen molar-refractivity contribution in [2.24, 2.45) is 0 Å². The van der Waals surface area contributed by atoms with E-state index >= 15 is 0 Å². The fourth-order valence-corrected chi connectivity index (χ4v) is 2.47. The van der Waals surface area contributed by atoms with Crippen LogP contribution in [0.1, 0.15) is 26.2 Å². The molecule has 2 rings (SSSR count). The molecular weight excluding hydrogens is 268 g/mol. The standard InChI is InChI=1S/C13H17ClN2O3/c1-2-11-8-10(5-6-19-11)15-12-7-9(14)3-4-13(12)16(17)18/h3-4,7,10-11,15H,2,5-6,8H2,1H3. The third-order valence-corrected chi connectivity index (χ3v) is 3.57. The molecular formula is C13H17ClN2O3. The van der Waals surface area contributed by atoms with Gasteiger partial charge in [0.15, 0.2) is 0 Å². The molecule has 0 saturated carbocycles. The molecule has 6 heteroatoms. The summed E-state index contributed by atoms with van der Waals surface area (Å²) in [6, 6.07) is 4.76. The topological polar surface area (TPSA) is 64.4 Å². The van der Waals surface area contributed by atoms with Crippen LogP contribution in [-0.2, 0) is 4.74 Å². The summed E-state index contributed by atoms with van der Waals surface area (Å²) in [4.78, 5) is 10.6. The fraction of sp³-hybridized carbons (Fsp3) is 0.538. The molecule has 0 amide bonds. The van der Waals surface area contributed by atoms with Crippen LogP contribution in [0.3, 0.4) is 0 Å². The van der Waals surface area contributed by atoms with Crippen molar-refractivity contribution in [1.29, 1.82) is 0 Å². The first-order chi connectivity index (χ1) is 9.10. The molecule has 2 atom stereocenters. The smallest absolute Gasteiger partial charge is 0.292 e. The molecule has 104 valence electrons. The summed E-state index contributed by atoms with van der Waals surface area (Å²) in [5.41, 5.74) is 0.545. The highest BCUT2D eigenvalue weighted by molar-refractivity contribution is 6.31. The first-order valence-electron chi connectivity index (χ1n) is 6.42. The van der Waals surface area contributed by atoms with Gasteiger partial charge in [0, 0.05) is 23.7 Å². The molecule has 0 aromatic heterocycles. The zero-order valence-electron chi connectivity index (χ0n) is 10.8. The van der Waals surface area contributed by atoms with Gasteiger partial charge in [0.05, 0.1) is 11.0 Å². The lowest BCUT2D eigenvalue weighted by Crippen LogP contribution is -2.33. The second kappa shape index (κ2) is 6.21. The molecule has 1 aliphatic rings. The second-order valence-corrected chi connectivity index (χ2v) is 5.12. The van der Waals surface area contributed by atoms with Crippen molar-refractivity contribution < 1.29 is 9.66 Å². The van der Waals surface area contributed by atoms with Crippen molar-refractivity contribution in [2.75, 3.05) is 11.9 Å². The number of hydrogen-bond acceptors (Lipinski definition) is 4. The Morgan fingerprint density at radius 2 is 2.37 bits per heavy atom. The quantitative estimate of drug-likeness (QED) is 0.677. The van der Waals surface area contributed by atoms with E-state index in [2.05, 4.69) is 12.2 Å². The maximum atomic E-state index is 11.0. The second-order valence-electron chi connectivity index (χ2n) is 4.69. The molecule has 19 heavy (non-hydrogen) atoms. The van der Waals surface area contributed by atoms with Crippen LogP contribution in [0.5, 0.6) is 0 Å². The Kier molecular flexibility index (Phi) is 4.61. The zero-order valence-corrected chi connectivity index (χ0v) is 11.5. The Bertz CT molecular complexity index is 467. The molecule has 0 bridgehead atoms. The van der Waals surface area contributed by atoms with Gasteiger partial charge < -0.3 is 10.1 Å². The van der Waals surface area contributed by atoms with Gasteiger partial charge in [0.2, 0.25) is 0 Å². The minimum Gasteiger partial charge on any atom is -0.378 e. The van der Waals surface area contributed by atoms with Crippen molar-refractivity contribution >= 4 is 23.0 Å². The van der Waals surface area contributed by atoms with Crippen molar-refractivity contribution in [3.63, 3.8) is 0 Å². The molecule has 0 radical (unpaired) electrons. The number of ether oxygens (including phenoxy) is 1. The SMILES string of the molecule is CCC1CC(Nc2cc(Cl)ccc2[N+](=O)[O-])CCO1. The molecule has 0 aliphatic carbocycles. The van der Waals surface area contributed by atoms with Gasteiger partial charge in [-0.1, -0.05) is 18.5 Å². The van der Waals surface area contributed by atoms with Gasteiger partial charge in [-0.25, -0.2) is 0 Å². The molecule has 1 N–H and O–H groups in total. The van der Waals surface area contributed by atoms with E-state index in [9.17, 15) is 10.1 Å². The minimum absolute atomic E-state index is 0.0592. The van der Waals surface area contributed by atoms with E-state index in [1.54, 1.807) is 6.07 Å². The van der Waals surface area contributed by atoms with Gasteiger partial charge in [-0.15, -0.1) is 0 Å². The molecule has 0 spiro atoms. The number of nitrogens with one attached hydrogen (secondary N) is 1. The van der Waals surface area contributed by atoms with Crippen LogP contribution < -0.4 is 5.32 Å². The van der Waals surface area contributed by atoms with E-state index in [1.165, 1.54) is 12.1 Å². The molecule has 1 aromatic rings. The van der Waals surface area contributed by atoms with Gasteiger partial charge in [-0.05, 0) is 31.4 Å². The number of hydrogen-bond donors (Lipinski definition) is 1. The Morgan fingerprint density at radius 1 is 1.58 bits per heavy atom. The largest absolute Gasteiger partial charge is 0.378 e. The highest BCUT2D eigenvalue weighted by Gasteiger charge is 2.23. The number of nitrogens with zero attached hydrogens (tertiary/aromatic N) is 1. The van der Waals surface area contributed by atoms with E-state index in [0.717, 1.165) is 19.3 Å². The van der Waals surface area contributed by atoms with Gasteiger partial charge in [0.1, 0.15) is 5.69 Å². The van der Waals surface area contributed by atoms with Crippen LogP contribution in [0.15, 0.2) is 18.2 Å². The Morgan fingerprint density at radius 3 is 3.05 bits per heavy atom. The number of nitro benzene ring substituents is 1. The minimum atomic E-state index is -0.394. The first-order valence-corrected chi connectivity index (χ1v) is 6.80. The molecule has 1 aliphatic heterocycles. The van der Waals surface area contributed by atoms with Crippen LogP contribution in [-0.4, -0.2) is 23.7 Å². The molecule has 1 fully saturated rings. The summed E-state index contributed by atoms with van der Waals surface area (Å²) in [6.45, 7) is 2.76. The van der Waals surface area contributed by atoms with E-state index in [1.807, 2.05) is 0 Å². The maximum absolute atomic E-state index is 11.0.